The molecule has 2 rings (SSSR count). The lowest BCUT2D eigenvalue weighted by Crippen LogP contribution is -2.51. The van der Waals surface area contributed by atoms with E-state index in [0.29, 0.717) is 17.9 Å². The van der Waals surface area contributed by atoms with Gasteiger partial charge >= 0.3 is 14.1 Å². The van der Waals surface area contributed by atoms with Gasteiger partial charge in [0.2, 0.25) is 5.91 Å². The number of carbonyl (C=O) groups is 4. The Kier molecular flexibility index (Phi) is 11.1. The number of carboxylic acids is 1. The number of carboxylic acid groups (broad SMARTS) is 1. The number of thioether (sulfide) groups is 1. The summed E-state index contributed by atoms with van der Waals surface area (Å²) in [6.07, 6.45) is -0.950. The van der Waals surface area contributed by atoms with Crippen molar-refractivity contribution < 1.29 is 42.7 Å². The van der Waals surface area contributed by atoms with Crippen molar-refractivity contribution in [2.75, 3.05) is 25.4 Å². The van der Waals surface area contributed by atoms with E-state index in [1.54, 1.807) is 26.0 Å². The van der Waals surface area contributed by atoms with Gasteiger partial charge in [-0.25, -0.2) is 0 Å². The van der Waals surface area contributed by atoms with E-state index in [1.165, 1.54) is 19.1 Å². The number of aliphatic carboxylic acids is 1. The molecule has 0 saturated carbocycles. The number of nitrogens with two attached hydrogens (primary N) is 1. The van der Waals surface area contributed by atoms with Crippen LogP contribution < -0.4 is 20.9 Å². The zero-order valence-corrected chi connectivity index (χ0v) is 22.1. The van der Waals surface area contributed by atoms with Crippen LogP contribution in [-0.4, -0.2) is 70.5 Å². The van der Waals surface area contributed by atoms with Gasteiger partial charge in [-0.1, -0.05) is 37.7 Å². The molecule has 12 nitrogen and oxygen atoms in total. The zero-order chi connectivity index (χ0) is 26.9. The Bertz CT molecular complexity index is 947. The third-order valence-electron chi connectivity index (χ3n) is 5.08. The number of rotatable bonds is 12. The molecule has 0 radical (unpaired) electrons. The van der Waals surface area contributed by atoms with Crippen LogP contribution in [0.1, 0.15) is 32.8 Å². The van der Waals surface area contributed by atoms with Crippen molar-refractivity contribution in [3.05, 3.63) is 29.8 Å². The first-order chi connectivity index (χ1) is 16.8. The Morgan fingerprint density at radius 2 is 1.89 bits per heavy atom. The summed E-state index contributed by atoms with van der Waals surface area (Å²) in [7, 11) is -3.90. The lowest BCUT2D eigenvalue weighted by Gasteiger charge is -2.36. The van der Waals surface area contributed by atoms with Crippen LogP contribution in [-0.2, 0) is 34.6 Å². The SMILES string of the molecule is CC(=O)SCCNC(=O)CCNC(=O)[C@@H]1O[P+](O)(Oc2ccc(C[C@H](N)C(=O)O)cc2)OCC1(C)C. The minimum Gasteiger partial charge on any atom is -0.480 e. The third-order valence-corrected chi connectivity index (χ3v) is 7.27. The largest absolute Gasteiger partial charge is 0.619 e. The molecular formula is C22H33N3O9PS+. The number of amides is 2. The molecule has 0 bridgehead atoms. The van der Waals surface area contributed by atoms with Crippen molar-refractivity contribution >= 4 is 42.8 Å². The smallest absolute Gasteiger partial charge is 0.480 e. The third kappa shape index (κ3) is 9.64. The summed E-state index contributed by atoms with van der Waals surface area (Å²) >= 11 is 1.11. The maximum Gasteiger partial charge on any atom is 0.619 e. The monoisotopic (exact) mass is 546 g/mol. The average molecular weight is 547 g/mol. The van der Waals surface area contributed by atoms with E-state index in [9.17, 15) is 24.1 Å². The summed E-state index contributed by atoms with van der Waals surface area (Å²) in [5, 5.41) is 14.2. The van der Waals surface area contributed by atoms with Crippen molar-refractivity contribution in [3.8, 4) is 5.75 Å². The second-order valence-electron chi connectivity index (χ2n) is 8.83. The highest BCUT2D eigenvalue weighted by Gasteiger charge is 2.60. The highest BCUT2D eigenvalue weighted by Crippen LogP contribution is 2.63. The highest BCUT2D eigenvalue weighted by molar-refractivity contribution is 8.13. The molecule has 1 aliphatic heterocycles. The summed E-state index contributed by atoms with van der Waals surface area (Å²) in [4.78, 5) is 57.3. The van der Waals surface area contributed by atoms with Crippen LogP contribution in [0.4, 0.5) is 0 Å². The van der Waals surface area contributed by atoms with E-state index >= 15 is 0 Å². The van der Waals surface area contributed by atoms with Crippen LogP contribution in [0.3, 0.4) is 0 Å². The molecule has 1 heterocycles. The predicted molar refractivity (Wildman–Crippen MR) is 134 cm³/mol. The number of carbonyl (C=O) groups excluding carboxylic acids is 3. The van der Waals surface area contributed by atoms with Crippen LogP contribution in [0.15, 0.2) is 24.3 Å². The molecule has 6 N–H and O–H groups in total. The molecule has 0 spiro atoms. The molecule has 1 unspecified atom stereocenters. The van der Waals surface area contributed by atoms with E-state index in [2.05, 4.69) is 10.6 Å². The Labute approximate surface area is 214 Å². The molecule has 0 aliphatic carbocycles. The van der Waals surface area contributed by atoms with Crippen LogP contribution in [0.5, 0.6) is 5.75 Å². The zero-order valence-electron chi connectivity index (χ0n) is 20.4. The van der Waals surface area contributed by atoms with E-state index in [0.717, 1.165) is 11.8 Å². The van der Waals surface area contributed by atoms with E-state index in [4.69, 9.17) is 24.4 Å². The quantitative estimate of drug-likeness (QED) is 0.186. The molecule has 1 saturated heterocycles. The van der Waals surface area contributed by atoms with Crippen molar-refractivity contribution in [2.45, 2.75) is 45.8 Å². The summed E-state index contributed by atoms with van der Waals surface area (Å²) in [5.41, 5.74) is 5.41. The van der Waals surface area contributed by atoms with Crippen molar-refractivity contribution in [2.24, 2.45) is 11.1 Å². The Hall–Kier alpha value is -2.28. The predicted octanol–water partition coefficient (Wildman–Crippen LogP) is 1.03. The summed E-state index contributed by atoms with van der Waals surface area (Å²) in [6.45, 7) is 5.30. The second-order valence-corrected chi connectivity index (χ2v) is 11.7. The fourth-order valence-corrected chi connectivity index (χ4v) is 5.29. The van der Waals surface area contributed by atoms with Gasteiger partial charge in [0.25, 0.3) is 5.91 Å². The van der Waals surface area contributed by atoms with Crippen molar-refractivity contribution in [1.82, 2.24) is 10.6 Å². The van der Waals surface area contributed by atoms with Crippen LogP contribution in [0.25, 0.3) is 0 Å². The van der Waals surface area contributed by atoms with Gasteiger partial charge in [0, 0.05) is 37.6 Å². The minimum atomic E-state index is -3.90. The fourth-order valence-electron chi connectivity index (χ4n) is 3.11. The van der Waals surface area contributed by atoms with Crippen LogP contribution >= 0.6 is 19.9 Å². The fraction of sp³-hybridized carbons (Fsp3) is 0.545. The second kappa shape index (κ2) is 13.3. The summed E-state index contributed by atoms with van der Waals surface area (Å²) in [5.74, 6) is -1.24. The minimum absolute atomic E-state index is 0.0186. The van der Waals surface area contributed by atoms with E-state index in [1.807, 2.05) is 0 Å². The Morgan fingerprint density at radius 1 is 1.22 bits per heavy atom. The molecule has 3 atom stereocenters. The first kappa shape index (κ1) is 29.9. The molecule has 0 aromatic heterocycles. The first-order valence-electron chi connectivity index (χ1n) is 11.2. The normalized spacial score (nSPS) is 21.8. The molecule has 1 fully saturated rings. The standard InChI is InChI=1S/C22H32N3O9PS/c1-14(26)36-11-10-24-18(27)8-9-25-20(28)19-22(2,3)13-32-35(31,34-19)33-16-6-4-15(5-7-16)12-17(23)21(29)30/h4-7,17,19,31H,8-13,23H2,1-3H3,(H2-,24,25,27,28,29,30)/p+1/t17-,19-,35?/m0/s1. The molecule has 1 aliphatic rings. The van der Waals surface area contributed by atoms with Gasteiger partial charge in [0.15, 0.2) is 17.0 Å². The molecule has 1 aromatic rings. The Morgan fingerprint density at radius 3 is 2.50 bits per heavy atom. The summed E-state index contributed by atoms with van der Waals surface area (Å²) in [6, 6.07) is 5.18. The van der Waals surface area contributed by atoms with Crippen molar-refractivity contribution in [1.29, 1.82) is 0 Å². The van der Waals surface area contributed by atoms with Gasteiger partial charge in [0.1, 0.15) is 12.6 Å². The van der Waals surface area contributed by atoms with Gasteiger partial charge in [-0.05, 0) is 24.1 Å². The van der Waals surface area contributed by atoms with Gasteiger partial charge in [-0.2, -0.15) is 4.89 Å². The summed E-state index contributed by atoms with van der Waals surface area (Å²) < 4.78 is 16.6. The van der Waals surface area contributed by atoms with Gasteiger partial charge in [-0.15, -0.1) is 9.05 Å². The molecule has 1 aromatic carbocycles. The van der Waals surface area contributed by atoms with E-state index < -0.39 is 37.6 Å². The molecule has 14 heteroatoms. The topological polar surface area (TPSA) is 187 Å². The molecule has 200 valence electrons. The van der Waals surface area contributed by atoms with Crippen LogP contribution in [0, 0.1) is 5.41 Å². The first-order valence-corrected chi connectivity index (χ1v) is 13.7. The van der Waals surface area contributed by atoms with Gasteiger partial charge in [-0.3, -0.25) is 23.7 Å². The lowest BCUT2D eigenvalue weighted by molar-refractivity contribution is -0.142. The molecule has 36 heavy (non-hydrogen) atoms. The maximum absolute atomic E-state index is 12.8. The van der Waals surface area contributed by atoms with E-state index in [-0.39, 0.29) is 42.8 Å². The lowest BCUT2D eigenvalue weighted by atomic mass is 9.87. The van der Waals surface area contributed by atoms with Gasteiger partial charge in [0.05, 0.1) is 0 Å². The number of hydrogen-bond donors (Lipinski definition) is 5. The Balaban J connectivity index is 1.89. The van der Waals surface area contributed by atoms with Crippen LogP contribution in [0.2, 0.25) is 0 Å². The number of nitrogens with one attached hydrogen (secondary N) is 2. The maximum atomic E-state index is 12.8. The average Bonchev–Trinajstić information content (AvgIpc) is 2.79. The number of hydrogen-bond acceptors (Lipinski definition) is 10. The molecular weight excluding hydrogens is 513 g/mol. The highest BCUT2D eigenvalue weighted by atomic mass is 32.2. The van der Waals surface area contributed by atoms with Crippen molar-refractivity contribution in [3.63, 3.8) is 0 Å². The van der Waals surface area contributed by atoms with Gasteiger partial charge < -0.3 is 21.5 Å². The molecule has 2 amide bonds. The number of benzene rings is 1.